The zero-order valence-corrected chi connectivity index (χ0v) is 9.71. The van der Waals surface area contributed by atoms with Crippen LogP contribution in [0.5, 0.6) is 0 Å². The second-order valence-corrected chi connectivity index (χ2v) is 3.97. The predicted molar refractivity (Wildman–Crippen MR) is 71.0 cm³/mol. The Morgan fingerprint density at radius 3 is 2.19 bits per heavy atom. The van der Waals surface area contributed by atoms with Crippen LogP contribution in [0.2, 0.25) is 0 Å². The van der Waals surface area contributed by atoms with Crippen molar-refractivity contribution in [2.24, 2.45) is 0 Å². The lowest BCUT2D eigenvalue weighted by Gasteiger charge is -2.04. The smallest absolute Gasteiger partial charge is 0.0608 e. The molecule has 1 N–H and O–H groups in total. The topological polar surface area (TPSA) is 12.0 Å². The molecule has 16 heavy (non-hydrogen) atoms. The van der Waals surface area contributed by atoms with Crippen molar-refractivity contribution in [3.8, 4) is 0 Å². The largest absolute Gasteiger partial charge is 0.380 e. The Balaban J connectivity index is 2.12. The second-order valence-electron chi connectivity index (χ2n) is 3.53. The van der Waals surface area contributed by atoms with Crippen LogP contribution >= 0.6 is 12.2 Å². The Hall–Kier alpha value is -1.67. The molecule has 0 amide bonds. The van der Waals surface area contributed by atoms with E-state index < -0.39 is 0 Å². The summed E-state index contributed by atoms with van der Waals surface area (Å²) in [7, 11) is 0. The summed E-state index contributed by atoms with van der Waals surface area (Å²) in [4.78, 5) is 0. The molecule has 0 aliphatic heterocycles. The van der Waals surface area contributed by atoms with E-state index in [2.05, 4.69) is 17.4 Å². The number of nitrogens with one attached hydrogen (secondary N) is 1. The van der Waals surface area contributed by atoms with Crippen molar-refractivity contribution in [3.63, 3.8) is 0 Å². The maximum absolute atomic E-state index is 5.27. The average molecular weight is 227 g/mol. The molecule has 0 bridgehead atoms. The number of hydrogen-bond acceptors (Lipinski definition) is 2. The van der Waals surface area contributed by atoms with Crippen molar-refractivity contribution in [1.82, 2.24) is 0 Å². The molecule has 0 aliphatic carbocycles. The third-order valence-corrected chi connectivity index (χ3v) is 2.68. The van der Waals surface area contributed by atoms with E-state index in [-0.39, 0.29) is 0 Å². The van der Waals surface area contributed by atoms with Crippen LogP contribution in [0, 0.1) is 4.51 Å². The zero-order valence-electron chi connectivity index (χ0n) is 8.89. The Bertz CT molecular complexity index is 508. The van der Waals surface area contributed by atoms with Gasteiger partial charge in [0.2, 0.25) is 0 Å². The lowest BCUT2D eigenvalue weighted by Crippen LogP contribution is -1.98. The molecule has 0 saturated carbocycles. The van der Waals surface area contributed by atoms with Crippen LogP contribution in [-0.2, 0) is 6.54 Å². The monoisotopic (exact) mass is 227 g/mol. The predicted octanol–water partition coefficient (Wildman–Crippen LogP) is 4.03. The van der Waals surface area contributed by atoms with Gasteiger partial charge in [-0.1, -0.05) is 60.7 Å². The van der Waals surface area contributed by atoms with Gasteiger partial charge in [0.1, 0.15) is 0 Å². The van der Waals surface area contributed by atoms with Crippen LogP contribution in [0.1, 0.15) is 5.56 Å². The summed E-state index contributed by atoms with van der Waals surface area (Å²) in [5.74, 6) is 0. The molecular weight excluding hydrogens is 214 g/mol. The Labute approximate surface area is 101 Å². The van der Waals surface area contributed by atoms with Gasteiger partial charge in [0.05, 0.1) is 10.2 Å². The Kier molecular flexibility index (Phi) is 3.67. The first-order valence-corrected chi connectivity index (χ1v) is 5.64. The Morgan fingerprint density at radius 2 is 1.44 bits per heavy atom. The molecule has 0 atom stereocenters. The van der Waals surface area contributed by atoms with Gasteiger partial charge in [0.15, 0.2) is 0 Å². The van der Waals surface area contributed by atoms with Crippen LogP contribution in [0.25, 0.3) is 0 Å². The standard InChI is InChI=1S/C14H13NS/c16-14-10-6-2-5-9-13(14)15-11-12-7-3-1-4-8-12/h1-10H,11H2,(H,15,16). The number of rotatable bonds is 3. The first-order chi connectivity index (χ1) is 7.86. The van der Waals surface area contributed by atoms with E-state index in [9.17, 15) is 0 Å². The van der Waals surface area contributed by atoms with E-state index in [1.165, 1.54) is 5.56 Å². The maximum atomic E-state index is 5.27. The minimum atomic E-state index is 0.800. The van der Waals surface area contributed by atoms with Crippen molar-refractivity contribution in [3.05, 3.63) is 70.7 Å². The van der Waals surface area contributed by atoms with Gasteiger partial charge >= 0.3 is 0 Å². The van der Waals surface area contributed by atoms with E-state index >= 15 is 0 Å². The molecule has 0 spiro atoms. The van der Waals surface area contributed by atoms with Crippen LogP contribution in [-0.4, -0.2) is 0 Å². The third-order valence-electron chi connectivity index (χ3n) is 2.32. The number of benzene rings is 1. The molecule has 2 heteroatoms. The first-order valence-electron chi connectivity index (χ1n) is 5.23. The van der Waals surface area contributed by atoms with Crippen molar-refractivity contribution in [1.29, 1.82) is 0 Å². The van der Waals surface area contributed by atoms with Gasteiger partial charge in [-0.3, -0.25) is 0 Å². The van der Waals surface area contributed by atoms with Gasteiger partial charge in [0.25, 0.3) is 0 Å². The van der Waals surface area contributed by atoms with Crippen molar-refractivity contribution >= 4 is 17.9 Å². The SMILES string of the molecule is S=c1cccccc1NCc1ccccc1. The minimum Gasteiger partial charge on any atom is -0.380 e. The van der Waals surface area contributed by atoms with E-state index in [1.807, 2.05) is 48.5 Å². The van der Waals surface area contributed by atoms with Gasteiger partial charge in [-0.2, -0.15) is 0 Å². The highest BCUT2D eigenvalue weighted by Crippen LogP contribution is 2.10. The first kappa shape index (κ1) is 10.8. The van der Waals surface area contributed by atoms with E-state index in [4.69, 9.17) is 12.2 Å². The van der Waals surface area contributed by atoms with Gasteiger partial charge < -0.3 is 5.32 Å². The third kappa shape index (κ3) is 2.91. The summed E-state index contributed by atoms with van der Waals surface area (Å²) in [5, 5.41) is 3.35. The molecular formula is C14H13NS. The summed E-state index contributed by atoms with van der Waals surface area (Å²) in [6.45, 7) is 0.800. The zero-order chi connectivity index (χ0) is 11.2. The highest BCUT2D eigenvalue weighted by molar-refractivity contribution is 7.71. The van der Waals surface area contributed by atoms with Crippen molar-refractivity contribution in [2.75, 3.05) is 5.32 Å². The summed E-state index contributed by atoms with van der Waals surface area (Å²) >= 11 is 5.27. The molecule has 0 radical (unpaired) electrons. The summed E-state index contributed by atoms with van der Waals surface area (Å²) in [6.07, 6.45) is 0. The quantitative estimate of drug-likeness (QED) is 0.795. The summed E-state index contributed by atoms with van der Waals surface area (Å²) in [5.41, 5.74) is 2.26. The molecule has 0 unspecified atom stereocenters. The molecule has 0 aromatic heterocycles. The van der Waals surface area contributed by atoms with E-state index in [1.54, 1.807) is 0 Å². The molecule has 2 rings (SSSR count). The molecule has 2 aromatic carbocycles. The molecule has 1 nitrogen and oxygen atoms in total. The van der Waals surface area contributed by atoms with Crippen LogP contribution in [0.3, 0.4) is 0 Å². The number of hydrogen-bond donors (Lipinski definition) is 1. The molecule has 0 fully saturated rings. The van der Waals surface area contributed by atoms with Gasteiger partial charge in [-0.15, -0.1) is 0 Å². The lowest BCUT2D eigenvalue weighted by molar-refractivity contribution is 1.15. The maximum Gasteiger partial charge on any atom is 0.0608 e. The van der Waals surface area contributed by atoms with Gasteiger partial charge in [-0.25, -0.2) is 0 Å². The molecule has 0 saturated heterocycles. The summed E-state index contributed by atoms with van der Waals surface area (Å²) < 4.78 is 0.848. The fourth-order valence-electron chi connectivity index (χ4n) is 1.47. The number of anilines is 1. The molecule has 2 aromatic rings. The van der Waals surface area contributed by atoms with Crippen molar-refractivity contribution < 1.29 is 0 Å². The van der Waals surface area contributed by atoms with Gasteiger partial charge in [0, 0.05) is 6.54 Å². The van der Waals surface area contributed by atoms with Gasteiger partial charge in [-0.05, 0) is 17.7 Å². The molecule has 0 aliphatic rings. The van der Waals surface area contributed by atoms with Crippen molar-refractivity contribution in [2.45, 2.75) is 6.54 Å². The molecule has 80 valence electrons. The fourth-order valence-corrected chi connectivity index (χ4v) is 1.69. The minimum absolute atomic E-state index is 0.800. The highest BCUT2D eigenvalue weighted by atomic mass is 32.1. The summed E-state index contributed by atoms with van der Waals surface area (Å²) in [6, 6.07) is 20.1. The van der Waals surface area contributed by atoms with Crippen LogP contribution in [0.4, 0.5) is 5.69 Å². The lowest BCUT2D eigenvalue weighted by atomic mass is 10.2. The van der Waals surface area contributed by atoms with Crippen LogP contribution in [0.15, 0.2) is 60.7 Å². The van der Waals surface area contributed by atoms with E-state index in [0.717, 1.165) is 16.7 Å². The average Bonchev–Trinajstić information content (AvgIpc) is 2.53. The Morgan fingerprint density at radius 1 is 0.812 bits per heavy atom. The van der Waals surface area contributed by atoms with E-state index in [0.29, 0.717) is 0 Å². The molecule has 0 heterocycles. The second kappa shape index (κ2) is 5.42. The fraction of sp³-hybridized carbons (Fsp3) is 0.0714. The highest BCUT2D eigenvalue weighted by Gasteiger charge is 1.93. The van der Waals surface area contributed by atoms with Crippen LogP contribution < -0.4 is 5.32 Å². The normalized spacial score (nSPS) is 9.75.